The van der Waals surface area contributed by atoms with Crippen LogP contribution in [-0.4, -0.2) is 49.9 Å². The molecule has 1 heterocycles. The summed E-state index contributed by atoms with van der Waals surface area (Å²) in [6, 6.07) is 0. The van der Waals surface area contributed by atoms with Gasteiger partial charge in [-0.05, 0) is 38.3 Å². The zero-order valence-corrected chi connectivity index (χ0v) is 14.0. The molecule has 0 spiro atoms. The van der Waals surface area contributed by atoms with Crippen molar-refractivity contribution in [2.75, 3.05) is 33.2 Å². The van der Waals surface area contributed by atoms with E-state index in [-0.39, 0.29) is 23.8 Å². The maximum Gasteiger partial charge on any atom is 0.239 e. The van der Waals surface area contributed by atoms with Crippen molar-refractivity contribution < 1.29 is 9.59 Å². The number of piperidine rings is 1. The van der Waals surface area contributed by atoms with Gasteiger partial charge in [0, 0.05) is 13.6 Å². The third-order valence-electron chi connectivity index (χ3n) is 4.18. The molecule has 5 nitrogen and oxygen atoms in total. The maximum atomic E-state index is 12.8. The van der Waals surface area contributed by atoms with Gasteiger partial charge in [0.1, 0.15) is 0 Å². The molecule has 5 heteroatoms. The van der Waals surface area contributed by atoms with Crippen LogP contribution in [0.2, 0.25) is 0 Å². The highest BCUT2D eigenvalue weighted by Gasteiger charge is 2.40. The van der Waals surface area contributed by atoms with Gasteiger partial charge in [0.15, 0.2) is 0 Å². The molecule has 0 atom stereocenters. The lowest BCUT2D eigenvalue weighted by atomic mass is 9.74. The summed E-state index contributed by atoms with van der Waals surface area (Å²) in [4.78, 5) is 26.3. The van der Waals surface area contributed by atoms with E-state index in [0.717, 1.165) is 38.8 Å². The monoisotopic (exact) mass is 297 g/mol. The van der Waals surface area contributed by atoms with Crippen LogP contribution in [0.1, 0.15) is 46.5 Å². The minimum absolute atomic E-state index is 0.0693. The fourth-order valence-corrected chi connectivity index (χ4v) is 3.02. The van der Waals surface area contributed by atoms with E-state index >= 15 is 0 Å². The third kappa shape index (κ3) is 5.30. The molecule has 1 aliphatic rings. The molecule has 122 valence electrons. The van der Waals surface area contributed by atoms with Gasteiger partial charge < -0.3 is 15.5 Å². The molecule has 2 N–H and O–H groups in total. The molecule has 1 fully saturated rings. The Morgan fingerprint density at radius 3 is 2.43 bits per heavy atom. The highest BCUT2D eigenvalue weighted by molar-refractivity contribution is 5.87. The highest BCUT2D eigenvalue weighted by atomic mass is 16.2. The Kier molecular flexibility index (Phi) is 7.15. The molecular weight excluding hydrogens is 266 g/mol. The first-order chi connectivity index (χ1) is 9.91. The normalized spacial score (nSPS) is 17.6. The van der Waals surface area contributed by atoms with Gasteiger partial charge in [-0.3, -0.25) is 9.59 Å². The number of nitrogens with zero attached hydrogens (tertiary/aromatic N) is 1. The van der Waals surface area contributed by atoms with Gasteiger partial charge in [0.05, 0.1) is 12.0 Å². The second-order valence-corrected chi connectivity index (χ2v) is 6.64. The molecule has 2 amide bonds. The van der Waals surface area contributed by atoms with Crippen molar-refractivity contribution in [2.45, 2.75) is 46.5 Å². The van der Waals surface area contributed by atoms with Gasteiger partial charge in [-0.2, -0.15) is 0 Å². The fraction of sp³-hybridized carbons (Fsp3) is 0.875. The molecule has 0 bridgehead atoms. The molecule has 0 saturated carbocycles. The Bertz CT molecular complexity index is 344. The number of amides is 2. The molecule has 1 saturated heterocycles. The number of likely N-dealkylation sites (N-methyl/N-ethyl adjacent to an activating group) is 1. The lowest BCUT2D eigenvalue weighted by Gasteiger charge is -2.38. The van der Waals surface area contributed by atoms with Gasteiger partial charge in [-0.15, -0.1) is 0 Å². The Labute approximate surface area is 128 Å². The van der Waals surface area contributed by atoms with Crippen molar-refractivity contribution in [1.29, 1.82) is 0 Å². The molecule has 0 aromatic carbocycles. The predicted octanol–water partition coefficient (Wildman–Crippen LogP) is 1.39. The van der Waals surface area contributed by atoms with Crippen molar-refractivity contribution in [2.24, 2.45) is 11.3 Å². The van der Waals surface area contributed by atoms with Gasteiger partial charge in [-0.25, -0.2) is 0 Å². The topological polar surface area (TPSA) is 61.4 Å². The highest BCUT2D eigenvalue weighted by Crippen LogP contribution is 2.35. The van der Waals surface area contributed by atoms with E-state index in [1.807, 2.05) is 0 Å². The second-order valence-electron chi connectivity index (χ2n) is 6.64. The standard InChI is InChI=1S/C16H31N3O2/c1-5-6-16(7-9-17-10-8-16)15(21)19(4)12-14(20)18-11-13(2)3/h13,17H,5-12H2,1-4H3,(H,18,20). The summed E-state index contributed by atoms with van der Waals surface area (Å²) in [6.07, 6.45) is 3.65. The lowest BCUT2D eigenvalue weighted by Crippen LogP contribution is -2.50. The third-order valence-corrected chi connectivity index (χ3v) is 4.18. The van der Waals surface area contributed by atoms with Crippen LogP contribution in [0.15, 0.2) is 0 Å². The van der Waals surface area contributed by atoms with E-state index in [1.54, 1.807) is 11.9 Å². The smallest absolute Gasteiger partial charge is 0.239 e. The number of nitrogens with one attached hydrogen (secondary N) is 2. The van der Waals surface area contributed by atoms with Crippen molar-refractivity contribution in [3.63, 3.8) is 0 Å². The van der Waals surface area contributed by atoms with Crippen LogP contribution < -0.4 is 10.6 Å². The zero-order chi connectivity index (χ0) is 15.9. The van der Waals surface area contributed by atoms with Gasteiger partial charge in [0.25, 0.3) is 0 Å². The average Bonchev–Trinajstić information content (AvgIpc) is 2.45. The molecule has 0 aromatic rings. The largest absolute Gasteiger partial charge is 0.354 e. The summed E-state index contributed by atoms with van der Waals surface area (Å²) in [7, 11) is 1.75. The van der Waals surface area contributed by atoms with Crippen molar-refractivity contribution in [1.82, 2.24) is 15.5 Å². The van der Waals surface area contributed by atoms with Crippen LogP contribution in [-0.2, 0) is 9.59 Å². The van der Waals surface area contributed by atoms with Crippen LogP contribution in [0.4, 0.5) is 0 Å². The van der Waals surface area contributed by atoms with E-state index in [4.69, 9.17) is 0 Å². The van der Waals surface area contributed by atoms with Crippen LogP contribution in [0, 0.1) is 11.3 Å². The second kappa shape index (κ2) is 8.37. The number of rotatable bonds is 7. The van der Waals surface area contributed by atoms with Crippen LogP contribution in [0.3, 0.4) is 0 Å². The number of hydrogen-bond acceptors (Lipinski definition) is 3. The molecule has 0 aliphatic carbocycles. The van der Waals surface area contributed by atoms with Gasteiger partial charge in [-0.1, -0.05) is 27.2 Å². The van der Waals surface area contributed by atoms with Gasteiger partial charge >= 0.3 is 0 Å². The van der Waals surface area contributed by atoms with E-state index in [2.05, 4.69) is 31.4 Å². The van der Waals surface area contributed by atoms with E-state index in [0.29, 0.717) is 12.5 Å². The first-order valence-corrected chi connectivity index (χ1v) is 8.14. The van der Waals surface area contributed by atoms with Gasteiger partial charge in [0.2, 0.25) is 11.8 Å². The van der Waals surface area contributed by atoms with Crippen LogP contribution in [0.5, 0.6) is 0 Å². The van der Waals surface area contributed by atoms with Crippen LogP contribution >= 0.6 is 0 Å². The Hall–Kier alpha value is -1.10. The Balaban J connectivity index is 2.59. The fourth-order valence-electron chi connectivity index (χ4n) is 3.02. The zero-order valence-electron chi connectivity index (χ0n) is 14.0. The molecular formula is C16H31N3O2. The molecule has 21 heavy (non-hydrogen) atoms. The molecule has 1 rings (SSSR count). The van der Waals surface area contributed by atoms with Crippen LogP contribution in [0.25, 0.3) is 0 Å². The minimum atomic E-state index is -0.271. The van der Waals surface area contributed by atoms with E-state index < -0.39 is 0 Å². The van der Waals surface area contributed by atoms with Crippen molar-refractivity contribution in [3.05, 3.63) is 0 Å². The lowest BCUT2D eigenvalue weighted by molar-refractivity contribution is -0.145. The Morgan fingerprint density at radius 1 is 1.29 bits per heavy atom. The van der Waals surface area contributed by atoms with E-state index in [9.17, 15) is 9.59 Å². The first-order valence-electron chi connectivity index (χ1n) is 8.14. The number of carbonyl (C=O) groups is 2. The number of carbonyl (C=O) groups excluding carboxylic acids is 2. The average molecular weight is 297 g/mol. The number of hydrogen-bond donors (Lipinski definition) is 2. The van der Waals surface area contributed by atoms with E-state index in [1.165, 1.54) is 0 Å². The molecule has 0 radical (unpaired) electrons. The summed E-state index contributed by atoms with van der Waals surface area (Å²) >= 11 is 0. The molecule has 0 aromatic heterocycles. The summed E-state index contributed by atoms with van der Waals surface area (Å²) in [6.45, 7) is 8.82. The predicted molar refractivity (Wildman–Crippen MR) is 84.9 cm³/mol. The summed E-state index contributed by atoms with van der Waals surface area (Å²) in [5.41, 5.74) is -0.271. The summed E-state index contributed by atoms with van der Waals surface area (Å²) in [5.74, 6) is 0.483. The SMILES string of the molecule is CCCC1(C(=O)N(C)CC(=O)NCC(C)C)CCNCC1. The minimum Gasteiger partial charge on any atom is -0.354 e. The molecule has 1 aliphatic heterocycles. The van der Waals surface area contributed by atoms with Crippen molar-refractivity contribution in [3.8, 4) is 0 Å². The molecule has 0 unspecified atom stereocenters. The Morgan fingerprint density at radius 2 is 1.90 bits per heavy atom. The van der Waals surface area contributed by atoms with Crippen molar-refractivity contribution >= 4 is 11.8 Å². The maximum absolute atomic E-state index is 12.8. The summed E-state index contributed by atoms with van der Waals surface area (Å²) < 4.78 is 0. The quantitative estimate of drug-likeness (QED) is 0.746. The first kappa shape index (κ1) is 18.0. The summed E-state index contributed by atoms with van der Waals surface area (Å²) in [5, 5.41) is 6.19.